The minimum Gasteiger partial charge on any atom is -0.258 e. The molecule has 0 fully saturated rings. The fourth-order valence-electron chi connectivity index (χ4n) is 2.88. The average Bonchev–Trinajstić information content (AvgIpc) is 2.85. The summed E-state index contributed by atoms with van der Waals surface area (Å²) < 4.78 is 13.7. The van der Waals surface area contributed by atoms with Crippen molar-refractivity contribution in [1.82, 2.24) is 9.97 Å². The van der Waals surface area contributed by atoms with Crippen LogP contribution in [0.4, 0.5) is 27.4 Å². The quantitative estimate of drug-likeness (QED) is 0.215. The number of nitro benzene ring substituents is 2. The number of nitrogens with zero attached hydrogens (tertiary/aromatic N) is 6. The van der Waals surface area contributed by atoms with Crippen LogP contribution in [0.2, 0.25) is 0 Å². The Bertz CT molecular complexity index is 1460. The summed E-state index contributed by atoms with van der Waals surface area (Å²) in [6, 6.07) is 15.5. The van der Waals surface area contributed by atoms with Gasteiger partial charge in [0, 0.05) is 30.3 Å². The minimum atomic E-state index is -0.502. The highest BCUT2D eigenvalue weighted by molar-refractivity contribution is 5.84. The highest BCUT2D eigenvalue weighted by atomic mass is 19.1. The molecule has 4 rings (SSSR count). The number of hydrazone groups is 2. The molecule has 13 heteroatoms. The maximum Gasteiger partial charge on any atom is 0.269 e. The lowest BCUT2D eigenvalue weighted by Gasteiger charge is -2.08. The fraction of sp³-hybridized carbons (Fsp3) is 0. The van der Waals surface area contributed by atoms with E-state index in [9.17, 15) is 24.6 Å². The van der Waals surface area contributed by atoms with E-state index in [1.807, 2.05) is 0 Å². The number of nitro groups is 2. The van der Waals surface area contributed by atoms with Gasteiger partial charge in [-0.15, -0.1) is 0 Å². The van der Waals surface area contributed by atoms with Crippen molar-refractivity contribution in [3.05, 3.63) is 104 Å². The van der Waals surface area contributed by atoms with E-state index < -0.39 is 15.7 Å². The number of fused-ring (bicyclic) bond motifs is 1. The molecule has 0 saturated heterocycles. The van der Waals surface area contributed by atoms with Crippen molar-refractivity contribution in [2.45, 2.75) is 0 Å². The first-order valence-electron chi connectivity index (χ1n) is 9.93. The number of halogens is 1. The van der Waals surface area contributed by atoms with Gasteiger partial charge in [-0.2, -0.15) is 10.2 Å². The highest BCUT2D eigenvalue weighted by Gasteiger charge is 2.09. The third-order valence-electron chi connectivity index (χ3n) is 4.60. The molecule has 0 bridgehead atoms. The Morgan fingerprint density at radius 2 is 1.17 bits per heavy atom. The predicted molar refractivity (Wildman–Crippen MR) is 128 cm³/mol. The zero-order valence-corrected chi connectivity index (χ0v) is 17.7. The third-order valence-corrected chi connectivity index (χ3v) is 4.60. The van der Waals surface area contributed by atoms with E-state index in [0.29, 0.717) is 16.6 Å². The Balaban J connectivity index is 1.56. The first-order chi connectivity index (χ1) is 16.9. The van der Waals surface area contributed by atoms with Gasteiger partial charge in [-0.05, 0) is 47.5 Å². The molecule has 1 heterocycles. The van der Waals surface area contributed by atoms with Crippen molar-refractivity contribution in [3.8, 4) is 0 Å². The summed E-state index contributed by atoms with van der Waals surface area (Å²) in [6.07, 6.45) is 2.86. The zero-order valence-electron chi connectivity index (χ0n) is 17.7. The van der Waals surface area contributed by atoms with Crippen LogP contribution in [0.25, 0.3) is 11.0 Å². The summed E-state index contributed by atoms with van der Waals surface area (Å²) in [6.45, 7) is 0. The Kier molecular flexibility index (Phi) is 6.58. The van der Waals surface area contributed by atoms with Crippen molar-refractivity contribution in [2.24, 2.45) is 10.2 Å². The van der Waals surface area contributed by atoms with Crippen molar-refractivity contribution in [3.63, 3.8) is 0 Å². The molecule has 0 atom stereocenters. The molecule has 0 amide bonds. The molecule has 3 aromatic carbocycles. The standard InChI is InChI=1S/C22H15FN8O4/c23-16-5-10-19-20(11-16)27-22(29-25-13-15-3-8-18(9-4-15)31(34)35)21(26-19)28-24-12-14-1-6-17(7-2-14)30(32)33/h1-13H,(H,26,28)(H,27,29)/b24-12+,25-13+. The van der Waals surface area contributed by atoms with Gasteiger partial charge in [0.2, 0.25) is 0 Å². The van der Waals surface area contributed by atoms with Gasteiger partial charge in [0.05, 0.1) is 33.3 Å². The number of nitrogens with one attached hydrogen (secondary N) is 2. The monoisotopic (exact) mass is 474 g/mol. The van der Waals surface area contributed by atoms with E-state index >= 15 is 0 Å². The molecular weight excluding hydrogens is 459 g/mol. The van der Waals surface area contributed by atoms with Gasteiger partial charge in [0.25, 0.3) is 11.4 Å². The zero-order chi connectivity index (χ0) is 24.8. The lowest BCUT2D eigenvalue weighted by molar-refractivity contribution is -0.385. The van der Waals surface area contributed by atoms with Gasteiger partial charge in [-0.3, -0.25) is 31.1 Å². The third kappa shape index (κ3) is 5.73. The van der Waals surface area contributed by atoms with Crippen LogP contribution in [-0.4, -0.2) is 32.2 Å². The molecular formula is C22H15FN8O4. The van der Waals surface area contributed by atoms with E-state index in [4.69, 9.17) is 0 Å². The molecule has 174 valence electrons. The Hall–Kier alpha value is -5.33. The number of rotatable bonds is 8. The highest BCUT2D eigenvalue weighted by Crippen LogP contribution is 2.22. The second-order valence-corrected chi connectivity index (χ2v) is 6.99. The number of aromatic nitrogens is 2. The van der Waals surface area contributed by atoms with Gasteiger partial charge >= 0.3 is 0 Å². The average molecular weight is 474 g/mol. The van der Waals surface area contributed by atoms with Crippen LogP contribution in [0.5, 0.6) is 0 Å². The maximum absolute atomic E-state index is 13.7. The summed E-state index contributed by atoms with van der Waals surface area (Å²) in [5, 5.41) is 29.7. The molecule has 0 spiro atoms. The number of anilines is 2. The van der Waals surface area contributed by atoms with Crippen molar-refractivity contribution in [1.29, 1.82) is 0 Å². The Morgan fingerprint density at radius 3 is 1.63 bits per heavy atom. The van der Waals surface area contributed by atoms with Crippen LogP contribution in [0.15, 0.2) is 76.9 Å². The van der Waals surface area contributed by atoms with Crippen LogP contribution in [0, 0.1) is 26.0 Å². The smallest absolute Gasteiger partial charge is 0.258 e. The first kappa shape index (κ1) is 22.8. The lowest BCUT2D eigenvalue weighted by atomic mass is 10.2. The lowest BCUT2D eigenvalue weighted by Crippen LogP contribution is -2.03. The number of hydrogen-bond acceptors (Lipinski definition) is 10. The topological polar surface area (TPSA) is 161 Å². The molecule has 0 unspecified atom stereocenters. The SMILES string of the molecule is O=[N+]([O-])c1ccc(/C=N/Nc2nc3ccc(F)cc3nc2N/N=C/c2ccc([N+](=O)[O-])cc2)cc1. The van der Waals surface area contributed by atoms with Gasteiger partial charge in [-0.1, -0.05) is 0 Å². The number of non-ortho nitro benzene ring substituents is 2. The largest absolute Gasteiger partial charge is 0.269 e. The van der Waals surface area contributed by atoms with E-state index in [0.717, 1.165) is 0 Å². The van der Waals surface area contributed by atoms with Crippen LogP contribution in [0.1, 0.15) is 11.1 Å². The molecule has 2 N–H and O–H groups in total. The Labute approximate surface area is 196 Å². The summed E-state index contributed by atoms with van der Waals surface area (Å²) in [4.78, 5) is 29.3. The molecule has 0 aliphatic heterocycles. The summed E-state index contributed by atoms with van der Waals surface area (Å²) in [7, 11) is 0. The summed E-state index contributed by atoms with van der Waals surface area (Å²) in [5.74, 6) is -0.158. The van der Waals surface area contributed by atoms with Crippen LogP contribution < -0.4 is 10.9 Å². The van der Waals surface area contributed by atoms with E-state index in [1.54, 1.807) is 0 Å². The summed E-state index contributed by atoms with van der Waals surface area (Å²) >= 11 is 0. The molecule has 0 aliphatic rings. The molecule has 0 radical (unpaired) electrons. The molecule has 4 aromatic rings. The molecule has 35 heavy (non-hydrogen) atoms. The van der Waals surface area contributed by atoms with E-state index in [1.165, 1.54) is 79.2 Å². The van der Waals surface area contributed by atoms with Gasteiger partial charge in [0.1, 0.15) is 5.82 Å². The van der Waals surface area contributed by atoms with Gasteiger partial charge in [0.15, 0.2) is 11.6 Å². The fourth-order valence-corrected chi connectivity index (χ4v) is 2.88. The van der Waals surface area contributed by atoms with Crippen molar-refractivity contribution in [2.75, 3.05) is 10.9 Å². The predicted octanol–water partition coefficient (Wildman–Crippen LogP) is 4.48. The second-order valence-electron chi connectivity index (χ2n) is 6.99. The van der Waals surface area contributed by atoms with Crippen molar-refractivity contribution >= 4 is 46.5 Å². The summed E-state index contributed by atoms with van der Waals surface area (Å²) in [5.41, 5.74) is 7.23. The molecule has 12 nitrogen and oxygen atoms in total. The normalized spacial score (nSPS) is 11.2. The maximum atomic E-state index is 13.7. The van der Waals surface area contributed by atoms with Crippen LogP contribution in [-0.2, 0) is 0 Å². The number of hydrogen-bond donors (Lipinski definition) is 2. The minimum absolute atomic E-state index is 0.0416. The van der Waals surface area contributed by atoms with E-state index in [-0.39, 0.29) is 28.5 Å². The van der Waals surface area contributed by atoms with E-state index in [2.05, 4.69) is 31.0 Å². The molecule has 0 saturated carbocycles. The van der Waals surface area contributed by atoms with Gasteiger partial charge < -0.3 is 0 Å². The second kappa shape index (κ2) is 10.1. The Morgan fingerprint density at radius 1 is 0.714 bits per heavy atom. The van der Waals surface area contributed by atoms with Crippen LogP contribution in [0.3, 0.4) is 0 Å². The van der Waals surface area contributed by atoms with Crippen molar-refractivity contribution < 1.29 is 14.2 Å². The first-order valence-corrected chi connectivity index (χ1v) is 9.93. The molecule has 0 aliphatic carbocycles. The molecule has 1 aromatic heterocycles. The van der Waals surface area contributed by atoms with Crippen LogP contribution >= 0.6 is 0 Å². The van der Waals surface area contributed by atoms with Gasteiger partial charge in [-0.25, -0.2) is 14.4 Å². The number of benzene rings is 3.